The van der Waals surface area contributed by atoms with Gasteiger partial charge < -0.3 is 18.6 Å². The summed E-state index contributed by atoms with van der Waals surface area (Å²) < 4.78 is 9.19. The van der Waals surface area contributed by atoms with E-state index < -0.39 is 0 Å². The van der Waals surface area contributed by atoms with Gasteiger partial charge in [-0.15, -0.1) is 0 Å². The number of nitrogens with zero attached hydrogens (tertiary/aromatic N) is 3. The van der Waals surface area contributed by atoms with Crippen LogP contribution in [0.25, 0.3) is 81.6 Å². The van der Waals surface area contributed by atoms with Crippen molar-refractivity contribution in [1.29, 1.82) is 0 Å². The van der Waals surface area contributed by atoms with Gasteiger partial charge >= 0.3 is 0 Å². The second-order valence-electron chi connectivity index (χ2n) is 15.8. The molecule has 0 aliphatic heterocycles. The summed E-state index contributed by atoms with van der Waals surface area (Å²) in [5.74, 6) is 0. The Labute approximate surface area is 345 Å². The number of hydrogen-bond acceptors (Lipinski definition) is 3. The molecular formula is C56H35N3O. The lowest BCUT2D eigenvalue weighted by Crippen LogP contribution is -2.09. The summed E-state index contributed by atoms with van der Waals surface area (Å²) in [4.78, 5) is 4.67. The Morgan fingerprint density at radius 3 is 1.30 bits per heavy atom. The third-order valence-corrected chi connectivity index (χ3v) is 12.4. The molecule has 0 amide bonds. The first kappa shape index (κ1) is 32.9. The van der Waals surface area contributed by atoms with E-state index in [2.05, 4.69) is 227 Å². The summed E-state index contributed by atoms with van der Waals surface area (Å²) in [5, 5.41) is 12.0. The summed E-state index contributed by atoms with van der Waals surface area (Å²) in [7, 11) is 0. The van der Waals surface area contributed by atoms with Crippen LogP contribution in [0.1, 0.15) is 0 Å². The smallest absolute Gasteiger partial charge is 0.136 e. The molecular weight excluding hydrogens is 731 g/mol. The first-order valence-electron chi connectivity index (χ1n) is 20.5. The monoisotopic (exact) mass is 765 g/mol. The zero-order chi connectivity index (χ0) is 39.3. The fourth-order valence-corrected chi connectivity index (χ4v) is 9.76. The molecule has 0 saturated heterocycles. The normalized spacial score (nSPS) is 12.0. The van der Waals surface area contributed by atoms with Gasteiger partial charge in [-0.25, -0.2) is 0 Å². The Morgan fingerprint density at radius 1 is 0.300 bits per heavy atom. The van der Waals surface area contributed by atoms with Crippen molar-refractivity contribution < 1.29 is 4.42 Å². The highest BCUT2D eigenvalue weighted by atomic mass is 16.3. The van der Waals surface area contributed by atoms with Gasteiger partial charge in [0.2, 0.25) is 0 Å². The van der Waals surface area contributed by atoms with Gasteiger partial charge in [0.15, 0.2) is 0 Å². The Morgan fingerprint density at radius 2 is 0.767 bits per heavy atom. The van der Waals surface area contributed by atoms with Crippen molar-refractivity contribution in [1.82, 2.24) is 4.40 Å². The Balaban J connectivity index is 1.10. The van der Waals surface area contributed by atoms with Gasteiger partial charge in [0.25, 0.3) is 0 Å². The van der Waals surface area contributed by atoms with Gasteiger partial charge in [-0.3, -0.25) is 0 Å². The number of fused-ring (bicyclic) bond motifs is 12. The van der Waals surface area contributed by atoms with E-state index >= 15 is 0 Å². The van der Waals surface area contributed by atoms with Crippen molar-refractivity contribution in [3.63, 3.8) is 0 Å². The molecule has 0 bridgehead atoms. The molecule has 13 rings (SSSR count). The first-order chi connectivity index (χ1) is 29.7. The van der Waals surface area contributed by atoms with Gasteiger partial charge in [0.1, 0.15) is 11.2 Å². The van der Waals surface area contributed by atoms with Gasteiger partial charge in [-0.05, 0) is 131 Å². The summed E-state index contributed by atoms with van der Waals surface area (Å²) in [6.45, 7) is 0. The predicted molar refractivity (Wildman–Crippen MR) is 253 cm³/mol. The first-order valence-corrected chi connectivity index (χ1v) is 20.5. The molecule has 0 aliphatic rings. The Hall–Kier alpha value is -8.08. The fourth-order valence-electron chi connectivity index (χ4n) is 9.76. The zero-order valence-corrected chi connectivity index (χ0v) is 32.5. The summed E-state index contributed by atoms with van der Waals surface area (Å²) in [5.41, 5.74) is 12.1. The molecule has 3 heterocycles. The largest absolute Gasteiger partial charge is 0.456 e. The van der Waals surface area contributed by atoms with Gasteiger partial charge in [-0.1, -0.05) is 103 Å². The molecule has 0 saturated carbocycles. The molecule has 4 nitrogen and oxygen atoms in total. The SMILES string of the molecule is c1ccc(N(c2ccccc2)c2ccc3cc4c5cc6oc7ccccc7c6c6c7cc8ccc(N(c9ccccc9)c9ccccc9)cc8cc7n(c4cc3c2)c56)cc1. The van der Waals surface area contributed by atoms with Gasteiger partial charge in [-0.2, -0.15) is 0 Å². The van der Waals surface area contributed by atoms with E-state index in [4.69, 9.17) is 4.42 Å². The third-order valence-electron chi connectivity index (χ3n) is 12.4. The van der Waals surface area contributed by atoms with Crippen LogP contribution in [0.15, 0.2) is 217 Å². The van der Waals surface area contributed by atoms with E-state index in [1.807, 2.05) is 0 Å². The summed E-state index contributed by atoms with van der Waals surface area (Å²) in [6, 6.07) is 76.6. The van der Waals surface area contributed by atoms with Crippen LogP contribution in [0.3, 0.4) is 0 Å². The molecule has 280 valence electrons. The van der Waals surface area contributed by atoms with Crippen LogP contribution < -0.4 is 9.80 Å². The van der Waals surface area contributed by atoms with Crippen LogP contribution in [0.5, 0.6) is 0 Å². The van der Waals surface area contributed by atoms with E-state index in [1.54, 1.807) is 0 Å². The average Bonchev–Trinajstić information content (AvgIpc) is 3.95. The van der Waals surface area contributed by atoms with E-state index in [1.165, 1.54) is 65.0 Å². The minimum Gasteiger partial charge on any atom is -0.456 e. The topological polar surface area (TPSA) is 24.0 Å². The zero-order valence-electron chi connectivity index (χ0n) is 32.5. The molecule has 0 fully saturated rings. The van der Waals surface area contributed by atoms with Crippen LogP contribution in [0.2, 0.25) is 0 Å². The molecule has 0 N–H and O–H groups in total. The highest BCUT2D eigenvalue weighted by molar-refractivity contribution is 6.36. The van der Waals surface area contributed by atoms with Crippen molar-refractivity contribution in [3.05, 3.63) is 212 Å². The van der Waals surface area contributed by atoms with Crippen molar-refractivity contribution in [3.8, 4) is 0 Å². The quantitative estimate of drug-likeness (QED) is 0.168. The maximum absolute atomic E-state index is 6.67. The molecule has 0 spiro atoms. The summed E-state index contributed by atoms with van der Waals surface area (Å²) in [6.07, 6.45) is 0. The molecule has 0 atom stereocenters. The van der Waals surface area contributed by atoms with Crippen LogP contribution in [-0.4, -0.2) is 4.40 Å². The number of furan rings is 1. The second-order valence-corrected chi connectivity index (χ2v) is 15.8. The number of hydrogen-bond donors (Lipinski definition) is 0. The van der Waals surface area contributed by atoms with Crippen LogP contribution in [0.4, 0.5) is 34.1 Å². The number of rotatable bonds is 6. The molecule has 10 aromatic carbocycles. The van der Waals surface area contributed by atoms with Gasteiger partial charge in [0, 0.05) is 66.4 Å². The lowest BCUT2D eigenvalue weighted by molar-refractivity contribution is 0.669. The molecule has 0 aliphatic carbocycles. The minimum absolute atomic E-state index is 0.910. The maximum Gasteiger partial charge on any atom is 0.136 e. The third kappa shape index (κ3) is 4.85. The van der Waals surface area contributed by atoms with Crippen LogP contribution >= 0.6 is 0 Å². The van der Waals surface area contributed by atoms with E-state index in [0.29, 0.717) is 0 Å². The highest BCUT2D eigenvalue weighted by Crippen LogP contribution is 2.48. The van der Waals surface area contributed by atoms with Crippen molar-refractivity contribution in [2.24, 2.45) is 0 Å². The number of para-hydroxylation sites is 5. The number of benzene rings is 10. The molecule has 13 aromatic rings. The molecule has 0 unspecified atom stereocenters. The van der Waals surface area contributed by atoms with Crippen LogP contribution in [-0.2, 0) is 0 Å². The van der Waals surface area contributed by atoms with Gasteiger partial charge in [0.05, 0.1) is 16.6 Å². The van der Waals surface area contributed by atoms with E-state index in [-0.39, 0.29) is 0 Å². The van der Waals surface area contributed by atoms with E-state index in [9.17, 15) is 0 Å². The van der Waals surface area contributed by atoms with Crippen molar-refractivity contribution in [2.75, 3.05) is 9.80 Å². The summed E-state index contributed by atoms with van der Waals surface area (Å²) >= 11 is 0. The lowest BCUT2D eigenvalue weighted by atomic mass is 9.99. The van der Waals surface area contributed by atoms with E-state index in [0.717, 1.165) is 50.7 Å². The Bertz CT molecular complexity index is 3680. The second kappa shape index (κ2) is 12.7. The number of anilines is 6. The lowest BCUT2D eigenvalue weighted by Gasteiger charge is -2.25. The maximum atomic E-state index is 6.67. The molecule has 60 heavy (non-hydrogen) atoms. The minimum atomic E-state index is 0.910. The molecule has 3 aromatic heterocycles. The van der Waals surface area contributed by atoms with Crippen molar-refractivity contribution in [2.45, 2.75) is 0 Å². The average molecular weight is 766 g/mol. The number of aromatic nitrogens is 1. The van der Waals surface area contributed by atoms with Crippen molar-refractivity contribution >= 4 is 116 Å². The molecule has 4 heteroatoms. The predicted octanol–water partition coefficient (Wildman–Crippen LogP) is 16.0. The highest BCUT2D eigenvalue weighted by Gasteiger charge is 2.24. The van der Waals surface area contributed by atoms with Crippen LogP contribution in [0, 0.1) is 0 Å². The Kier molecular flexibility index (Phi) is 6.98. The molecule has 0 radical (unpaired) electrons. The fraction of sp³-hybridized carbons (Fsp3) is 0. The standard InChI is InChI=1S/C56H35N3O/c1-5-15-40(16-6-1)57(41-17-7-2-8-18-41)44-27-25-36-31-47-48-35-53-54(46-23-13-14-24-52(46)60-53)55-49-32-37-26-28-45(58(42-19-9-3-10-20-42)43-21-11-4-12-22-43)30-39(37)34-51(49)59(56(48)55)50(47)33-38(36)29-44/h1-35H.